The van der Waals surface area contributed by atoms with Gasteiger partial charge >= 0.3 is 5.97 Å². The van der Waals surface area contributed by atoms with E-state index >= 15 is 0 Å². The average Bonchev–Trinajstić information content (AvgIpc) is 3.43. The molecule has 8 nitrogen and oxygen atoms in total. The molecule has 46 heavy (non-hydrogen) atoms. The molecule has 6 atom stereocenters. The van der Waals surface area contributed by atoms with Gasteiger partial charge < -0.3 is 29.9 Å². The van der Waals surface area contributed by atoms with Gasteiger partial charge in [0.15, 0.2) is 5.60 Å². The van der Waals surface area contributed by atoms with Crippen LogP contribution < -0.4 is 9.64 Å². The van der Waals surface area contributed by atoms with Gasteiger partial charge in [0.05, 0.1) is 24.8 Å². The van der Waals surface area contributed by atoms with E-state index in [1.54, 1.807) is 35.3 Å². The van der Waals surface area contributed by atoms with E-state index in [9.17, 15) is 24.9 Å². The highest BCUT2D eigenvalue weighted by molar-refractivity contribution is 6.30. The van der Waals surface area contributed by atoms with Crippen molar-refractivity contribution < 1.29 is 29.6 Å². The van der Waals surface area contributed by atoms with Crippen LogP contribution in [0.2, 0.25) is 5.02 Å². The second kappa shape index (κ2) is 13.1. The van der Waals surface area contributed by atoms with Crippen LogP contribution in [0.15, 0.2) is 61.7 Å². The lowest BCUT2D eigenvalue weighted by atomic mass is 9.68. The number of hydrogen-bond acceptors (Lipinski definition) is 6. The normalized spacial score (nSPS) is 27.3. The maximum atomic E-state index is 13.5. The molecule has 2 heterocycles. The van der Waals surface area contributed by atoms with E-state index in [1.165, 1.54) is 11.1 Å². The number of benzene rings is 2. The number of carbonyl (C=O) groups excluding carboxylic acids is 1. The number of rotatable bonds is 10. The summed E-state index contributed by atoms with van der Waals surface area (Å²) in [5, 5.41) is 33.5. The van der Waals surface area contributed by atoms with Crippen LogP contribution in [0.1, 0.15) is 68.1 Å². The predicted molar refractivity (Wildman–Crippen MR) is 178 cm³/mol. The minimum atomic E-state index is -2.42. The van der Waals surface area contributed by atoms with Crippen LogP contribution >= 0.6 is 11.6 Å². The summed E-state index contributed by atoms with van der Waals surface area (Å²) in [7, 11) is 0. The minimum absolute atomic E-state index is 0.0373. The Morgan fingerprint density at radius 1 is 1.15 bits per heavy atom. The van der Waals surface area contributed by atoms with E-state index in [-0.39, 0.29) is 34.8 Å². The van der Waals surface area contributed by atoms with Gasteiger partial charge in [-0.1, -0.05) is 35.9 Å². The molecular formula is C37H45ClN2O6. The van der Waals surface area contributed by atoms with Gasteiger partial charge in [0.2, 0.25) is 5.91 Å². The van der Waals surface area contributed by atoms with Gasteiger partial charge in [-0.25, -0.2) is 4.79 Å². The molecule has 1 spiro atoms. The third-order valence-electron chi connectivity index (χ3n) is 11.0. The molecule has 0 radical (unpaired) electrons. The van der Waals surface area contributed by atoms with Crippen LogP contribution in [0.3, 0.4) is 0 Å². The molecule has 0 unspecified atom stereocenters. The quantitative estimate of drug-likeness (QED) is 0.287. The van der Waals surface area contributed by atoms with E-state index < -0.39 is 24.1 Å². The van der Waals surface area contributed by atoms with Crippen molar-refractivity contribution in [2.45, 2.75) is 80.9 Å². The van der Waals surface area contributed by atoms with E-state index in [4.69, 9.17) is 16.3 Å². The minimum Gasteiger partial charge on any atom is -0.490 e. The lowest BCUT2D eigenvalue weighted by molar-refractivity contribution is -0.165. The number of carbonyl (C=O) groups is 2. The van der Waals surface area contributed by atoms with E-state index in [0.29, 0.717) is 49.1 Å². The van der Waals surface area contributed by atoms with Crippen molar-refractivity contribution in [3.63, 3.8) is 0 Å². The molecule has 4 aliphatic rings. The lowest BCUT2D eigenvalue weighted by Crippen LogP contribution is -2.49. The Labute approximate surface area is 276 Å². The van der Waals surface area contributed by atoms with Gasteiger partial charge in [-0.05, 0) is 104 Å². The molecule has 2 aliphatic carbocycles. The maximum Gasteiger partial charge on any atom is 0.340 e. The predicted octanol–water partition coefficient (Wildman–Crippen LogP) is 5.62. The fourth-order valence-corrected chi connectivity index (χ4v) is 8.52. The number of ether oxygens (including phenoxy) is 1. The number of hydrogen-bond donors (Lipinski definition) is 3. The standard InChI is InChI=1S/C37H45ClN2O6/c1-3-7-28-9-6-17-40(28)34(42)20-37(45,35(43)44)26-11-15-33-31(19-26)39(21-25-10-13-29(25)32(41)4-2)22-36(23-46-33)16-5-8-24-18-27(38)12-14-30(24)36/h3-4,11-12,14-15,18-19,25,28-29,32,41,45H,1-2,5-10,13,16-17,20-23H2,(H,43,44)/t25-,28+,29+,32-,36-,37-/m0/s1. The fourth-order valence-electron chi connectivity index (χ4n) is 8.32. The second-order valence-corrected chi connectivity index (χ2v) is 14.2. The Hall–Kier alpha value is -3.33. The Morgan fingerprint density at radius 3 is 2.70 bits per heavy atom. The van der Waals surface area contributed by atoms with Crippen molar-refractivity contribution in [2.75, 3.05) is 31.1 Å². The summed E-state index contributed by atoms with van der Waals surface area (Å²) in [5.74, 6) is -0.968. The zero-order valence-corrected chi connectivity index (χ0v) is 27.1. The number of likely N-dealkylation sites (tertiary alicyclic amines) is 1. The van der Waals surface area contributed by atoms with Crippen LogP contribution in [0.5, 0.6) is 5.75 Å². The molecular weight excluding hydrogens is 604 g/mol. The Kier molecular flexibility index (Phi) is 9.25. The topological polar surface area (TPSA) is 111 Å². The van der Waals surface area contributed by atoms with Crippen LogP contribution in [0.25, 0.3) is 0 Å². The number of aliphatic carboxylic acids is 1. The van der Waals surface area contributed by atoms with Crippen molar-refractivity contribution in [3.05, 3.63) is 83.4 Å². The van der Waals surface area contributed by atoms with E-state index in [2.05, 4.69) is 24.1 Å². The summed E-state index contributed by atoms with van der Waals surface area (Å²) < 4.78 is 6.57. The van der Waals surface area contributed by atoms with Crippen LogP contribution in [0.4, 0.5) is 5.69 Å². The van der Waals surface area contributed by atoms with Crippen LogP contribution in [0, 0.1) is 11.8 Å². The molecule has 2 aromatic carbocycles. The molecule has 9 heteroatoms. The molecule has 2 fully saturated rings. The summed E-state index contributed by atoms with van der Waals surface area (Å²) in [4.78, 5) is 30.2. The average molecular weight is 649 g/mol. The number of aliphatic hydroxyl groups is 2. The Balaban J connectivity index is 1.37. The monoisotopic (exact) mass is 648 g/mol. The zero-order chi connectivity index (χ0) is 32.6. The highest BCUT2D eigenvalue weighted by atomic mass is 35.5. The molecule has 1 saturated carbocycles. The number of anilines is 1. The molecule has 6 rings (SSSR count). The number of nitrogens with zero attached hydrogens (tertiary/aromatic N) is 2. The van der Waals surface area contributed by atoms with Gasteiger partial charge in [-0.3, -0.25) is 4.79 Å². The summed E-state index contributed by atoms with van der Waals surface area (Å²) in [6, 6.07) is 11.1. The van der Waals surface area contributed by atoms with Gasteiger partial charge in [0.1, 0.15) is 5.75 Å². The first kappa shape index (κ1) is 32.6. The SMILES string of the molecule is C=CC[C@@H]1CCCN1C(=O)C[C@@](O)(C(=O)O)c1ccc2c(c1)N(C[C@@H]1CC[C@H]1[C@@H](O)C=C)C[C@@]1(CCCc3cc(Cl)ccc31)CO2. The summed E-state index contributed by atoms with van der Waals surface area (Å²) in [6.07, 6.45) is 9.19. The maximum absolute atomic E-state index is 13.5. The largest absolute Gasteiger partial charge is 0.490 e. The highest BCUT2D eigenvalue weighted by Crippen LogP contribution is 2.47. The van der Waals surface area contributed by atoms with Crippen LogP contribution in [-0.2, 0) is 27.0 Å². The fraction of sp³-hybridized carbons (Fsp3) is 0.514. The van der Waals surface area contributed by atoms with Crippen LogP contribution in [-0.4, -0.2) is 70.5 Å². The van der Waals surface area contributed by atoms with Gasteiger partial charge in [0, 0.05) is 36.1 Å². The molecule has 0 aromatic heterocycles. The highest BCUT2D eigenvalue weighted by Gasteiger charge is 2.46. The summed E-state index contributed by atoms with van der Waals surface area (Å²) >= 11 is 6.40. The number of fused-ring (bicyclic) bond motifs is 3. The van der Waals surface area contributed by atoms with Crippen molar-refractivity contribution in [3.8, 4) is 5.75 Å². The van der Waals surface area contributed by atoms with Gasteiger partial charge in [0.25, 0.3) is 0 Å². The first-order chi connectivity index (χ1) is 22.1. The second-order valence-electron chi connectivity index (χ2n) is 13.8. The Bertz CT molecular complexity index is 1510. The summed E-state index contributed by atoms with van der Waals surface area (Å²) in [6.45, 7) is 9.82. The smallest absolute Gasteiger partial charge is 0.340 e. The van der Waals surface area contributed by atoms with Crippen molar-refractivity contribution in [1.82, 2.24) is 4.90 Å². The number of carboxylic acid groups (broad SMARTS) is 1. The molecule has 1 amide bonds. The molecule has 1 saturated heterocycles. The number of aryl methyl sites for hydroxylation is 1. The van der Waals surface area contributed by atoms with Crippen molar-refractivity contribution >= 4 is 29.2 Å². The first-order valence-corrected chi connectivity index (χ1v) is 16.9. The number of aliphatic hydroxyl groups excluding tert-OH is 1. The van der Waals surface area contributed by atoms with Crippen molar-refractivity contribution in [1.29, 1.82) is 0 Å². The zero-order valence-electron chi connectivity index (χ0n) is 26.4. The lowest BCUT2D eigenvalue weighted by Gasteiger charge is -2.45. The van der Waals surface area contributed by atoms with Gasteiger partial charge in [-0.15, -0.1) is 13.2 Å². The molecule has 2 aromatic rings. The Morgan fingerprint density at radius 2 is 1.98 bits per heavy atom. The summed E-state index contributed by atoms with van der Waals surface area (Å²) in [5.41, 5.74) is 0.505. The van der Waals surface area contributed by atoms with E-state index in [1.807, 2.05) is 12.1 Å². The molecule has 0 bridgehead atoms. The molecule has 246 valence electrons. The van der Waals surface area contributed by atoms with Gasteiger partial charge in [-0.2, -0.15) is 0 Å². The molecule has 3 N–H and O–H groups in total. The third-order valence-corrected chi connectivity index (χ3v) is 11.3. The molecule has 2 aliphatic heterocycles. The first-order valence-electron chi connectivity index (χ1n) is 16.6. The third kappa shape index (κ3) is 5.96. The number of amides is 1. The van der Waals surface area contributed by atoms with E-state index in [0.717, 1.165) is 44.9 Å². The number of carboxylic acids is 1. The van der Waals surface area contributed by atoms with Crippen molar-refractivity contribution in [2.24, 2.45) is 11.8 Å². The number of halogens is 1.